The van der Waals surface area contributed by atoms with Crippen LogP contribution in [0.5, 0.6) is 0 Å². The van der Waals surface area contributed by atoms with Gasteiger partial charge >= 0.3 is 0 Å². The van der Waals surface area contributed by atoms with Gasteiger partial charge in [-0.1, -0.05) is 82.7 Å². The molecule has 0 aromatic heterocycles. The summed E-state index contributed by atoms with van der Waals surface area (Å²) in [6.07, 6.45) is 28.3. The van der Waals surface area contributed by atoms with Crippen molar-refractivity contribution in [2.24, 2.45) is 5.92 Å². The summed E-state index contributed by atoms with van der Waals surface area (Å²) >= 11 is 0. The lowest BCUT2D eigenvalue weighted by atomic mass is 9.98. The molecule has 0 bridgehead atoms. The molecule has 0 rings (SSSR count). The van der Waals surface area contributed by atoms with Crippen LogP contribution >= 0.6 is 0 Å². The van der Waals surface area contributed by atoms with E-state index in [0.717, 1.165) is 32.1 Å². The zero-order chi connectivity index (χ0) is 18.6. The third-order valence-electron chi connectivity index (χ3n) is 3.84. The molecule has 0 saturated heterocycles. The van der Waals surface area contributed by atoms with Crippen molar-refractivity contribution in [1.82, 2.24) is 0 Å². The average Bonchev–Trinajstić information content (AvgIpc) is 2.62. The van der Waals surface area contributed by atoms with Gasteiger partial charge in [0.2, 0.25) is 0 Å². The second-order valence-electron chi connectivity index (χ2n) is 6.19. The van der Waals surface area contributed by atoms with Gasteiger partial charge in [0.25, 0.3) is 0 Å². The number of hydrogen-bond donors (Lipinski definition) is 0. The normalized spacial score (nSPS) is 15.4. The predicted octanol–water partition coefficient (Wildman–Crippen LogP) is 7.47. The SMILES string of the molecule is CC/C=C\C/C=C\C=C\OOC(CC)C(C)C/C=C\C/C=C\CCC. The summed E-state index contributed by atoms with van der Waals surface area (Å²) in [6.45, 7) is 8.67. The second kappa shape index (κ2) is 18.8. The fourth-order valence-electron chi connectivity index (χ4n) is 2.26. The third kappa shape index (κ3) is 15.7. The predicted molar refractivity (Wildman–Crippen MR) is 110 cm³/mol. The summed E-state index contributed by atoms with van der Waals surface area (Å²) in [5.74, 6) is 0.434. The highest BCUT2D eigenvalue weighted by atomic mass is 17.2. The Labute approximate surface area is 155 Å². The van der Waals surface area contributed by atoms with Gasteiger partial charge in [0.1, 0.15) is 12.4 Å². The van der Waals surface area contributed by atoms with E-state index in [0.29, 0.717) is 5.92 Å². The zero-order valence-electron chi connectivity index (χ0n) is 16.7. The highest BCUT2D eigenvalue weighted by molar-refractivity contribution is 5.02. The van der Waals surface area contributed by atoms with E-state index >= 15 is 0 Å². The molecule has 2 unspecified atom stereocenters. The Hall–Kier alpha value is -1.54. The van der Waals surface area contributed by atoms with Crippen molar-refractivity contribution in [3.8, 4) is 0 Å². The van der Waals surface area contributed by atoms with Gasteiger partial charge in [-0.3, -0.25) is 0 Å². The van der Waals surface area contributed by atoms with E-state index in [1.54, 1.807) is 6.26 Å². The average molecular weight is 347 g/mol. The quantitative estimate of drug-likeness (QED) is 0.101. The maximum absolute atomic E-state index is 5.53. The molecule has 0 N–H and O–H groups in total. The molecule has 2 atom stereocenters. The van der Waals surface area contributed by atoms with Crippen molar-refractivity contribution in [3.63, 3.8) is 0 Å². The van der Waals surface area contributed by atoms with E-state index in [9.17, 15) is 0 Å². The highest BCUT2D eigenvalue weighted by Gasteiger charge is 2.15. The molecule has 0 aliphatic rings. The maximum atomic E-state index is 5.53. The zero-order valence-corrected chi connectivity index (χ0v) is 16.7. The van der Waals surface area contributed by atoms with Crippen LogP contribution in [0.25, 0.3) is 0 Å². The van der Waals surface area contributed by atoms with Gasteiger partial charge in [0.05, 0.1) is 0 Å². The summed E-state index contributed by atoms with van der Waals surface area (Å²) in [5, 5.41) is 0. The van der Waals surface area contributed by atoms with Gasteiger partial charge in [-0.25, -0.2) is 0 Å². The minimum absolute atomic E-state index is 0.112. The van der Waals surface area contributed by atoms with Crippen molar-refractivity contribution in [2.75, 3.05) is 0 Å². The Kier molecular flexibility index (Phi) is 17.6. The monoisotopic (exact) mass is 346 g/mol. The van der Waals surface area contributed by atoms with Gasteiger partial charge in [0.15, 0.2) is 0 Å². The highest BCUT2D eigenvalue weighted by Crippen LogP contribution is 2.16. The smallest absolute Gasteiger partial charge is 0.129 e. The van der Waals surface area contributed by atoms with Crippen LogP contribution in [0.15, 0.2) is 60.9 Å². The van der Waals surface area contributed by atoms with E-state index in [2.05, 4.69) is 70.2 Å². The number of rotatable bonds is 15. The Morgan fingerprint density at radius 2 is 1.52 bits per heavy atom. The van der Waals surface area contributed by atoms with E-state index in [-0.39, 0.29) is 6.10 Å². The first-order valence-electron chi connectivity index (χ1n) is 9.84. The molecule has 0 aromatic carbocycles. The summed E-state index contributed by atoms with van der Waals surface area (Å²) in [4.78, 5) is 10.7. The van der Waals surface area contributed by atoms with Crippen molar-refractivity contribution in [1.29, 1.82) is 0 Å². The lowest BCUT2D eigenvalue weighted by molar-refractivity contribution is -0.293. The first-order chi connectivity index (χ1) is 12.3. The maximum Gasteiger partial charge on any atom is 0.129 e. The molecule has 0 spiro atoms. The van der Waals surface area contributed by atoms with Crippen molar-refractivity contribution in [2.45, 2.75) is 78.7 Å². The number of hydrogen-bond acceptors (Lipinski definition) is 2. The lowest BCUT2D eigenvalue weighted by Crippen LogP contribution is -2.20. The molecule has 0 aromatic rings. The number of unbranched alkanes of at least 4 members (excludes halogenated alkanes) is 1. The molecule has 0 amide bonds. The Morgan fingerprint density at radius 3 is 2.24 bits per heavy atom. The third-order valence-corrected chi connectivity index (χ3v) is 3.84. The molecule has 2 nitrogen and oxygen atoms in total. The van der Waals surface area contributed by atoms with E-state index in [4.69, 9.17) is 9.78 Å². The van der Waals surface area contributed by atoms with Crippen molar-refractivity contribution < 1.29 is 9.78 Å². The Bertz CT molecular complexity index is 416. The summed E-state index contributed by atoms with van der Waals surface area (Å²) in [5.41, 5.74) is 0. The van der Waals surface area contributed by atoms with Crippen LogP contribution in [0.2, 0.25) is 0 Å². The second-order valence-corrected chi connectivity index (χ2v) is 6.19. The molecular formula is C23H38O2. The molecule has 0 fully saturated rings. The molecule has 0 heterocycles. The van der Waals surface area contributed by atoms with Gasteiger partial charge in [0, 0.05) is 0 Å². The van der Waals surface area contributed by atoms with Gasteiger partial charge in [-0.2, -0.15) is 4.89 Å². The van der Waals surface area contributed by atoms with Crippen LogP contribution in [-0.4, -0.2) is 6.10 Å². The molecular weight excluding hydrogens is 308 g/mol. The van der Waals surface area contributed by atoms with E-state index < -0.39 is 0 Å². The van der Waals surface area contributed by atoms with Gasteiger partial charge in [-0.05, 0) is 50.5 Å². The summed E-state index contributed by atoms with van der Waals surface area (Å²) < 4.78 is 0. The molecule has 0 saturated carbocycles. The number of allylic oxidation sites excluding steroid dienone is 9. The minimum Gasteiger partial charge on any atom is -0.345 e. The van der Waals surface area contributed by atoms with Gasteiger partial charge < -0.3 is 4.89 Å². The van der Waals surface area contributed by atoms with Crippen LogP contribution < -0.4 is 0 Å². The van der Waals surface area contributed by atoms with Crippen LogP contribution in [0.4, 0.5) is 0 Å². The topological polar surface area (TPSA) is 18.5 Å². The summed E-state index contributed by atoms with van der Waals surface area (Å²) in [7, 11) is 0. The molecule has 0 aliphatic heterocycles. The largest absolute Gasteiger partial charge is 0.345 e. The van der Waals surface area contributed by atoms with Crippen LogP contribution in [0.1, 0.15) is 72.6 Å². The first-order valence-corrected chi connectivity index (χ1v) is 9.84. The first kappa shape index (κ1) is 23.5. The Morgan fingerprint density at radius 1 is 0.800 bits per heavy atom. The molecule has 25 heavy (non-hydrogen) atoms. The minimum atomic E-state index is 0.112. The van der Waals surface area contributed by atoms with Gasteiger partial charge in [-0.15, -0.1) is 0 Å². The summed E-state index contributed by atoms with van der Waals surface area (Å²) in [6, 6.07) is 0. The fraction of sp³-hybridized carbons (Fsp3) is 0.565. The standard InChI is InChI=1S/C23H38O2/c1-5-8-10-12-14-16-18-20-22(4)23(7-3)25-24-21-19-17-15-13-11-9-6-2/h9-12,15-19,21-23H,5-8,13-14,20H2,1-4H3/b11-9-,12-10-,17-15-,18-16-,21-19+. The molecule has 0 aliphatic carbocycles. The van der Waals surface area contributed by atoms with Crippen molar-refractivity contribution in [3.05, 3.63) is 60.9 Å². The lowest BCUT2D eigenvalue weighted by Gasteiger charge is -2.19. The fourth-order valence-corrected chi connectivity index (χ4v) is 2.26. The van der Waals surface area contributed by atoms with Crippen molar-refractivity contribution >= 4 is 0 Å². The van der Waals surface area contributed by atoms with Crippen LogP contribution in [0, 0.1) is 5.92 Å². The van der Waals surface area contributed by atoms with Crippen LogP contribution in [0.3, 0.4) is 0 Å². The van der Waals surface area contributed by atoms with E-state index in [1.165, 1.54) is 12.8 Å². The molecule has 2 heteroatoms. The Balaban J connectivity index is 3.94. The van der Waals surface area contributed by atoms with E-state index in [1.807, 2.05) is 12.2 Å². The molecule has 142 valence electrons. The molecule has 0 radical (unpaired) electrons. The van der Waals surface area contributed by atoms with Crippen LogP contribution in [-0.2, 0) is 9.78 Å².